The van der Waals surface area contributed by atoms with Crippen LogP contribution in [0.2, 0.25) is 0 Å². The fourth-order valence-electron chi connectivity index (χ4n) is 3.08. The molecule has 0 unspecified atom stereocenters. The van der Waals surface area contributed by atoms with Crippen LogP contribution in [-0.2, 0) is 9.31 Å². The van der Waals surface area contributed by atoms with Crippen molar-refractivity contribution in [3.8, 4) is 0 Å². The van der Waals surface area contributed by atoms with Crippen molar-refractivity contribution < 1.29 is 9.31 Å². The van der Waals surface area contributed by atoms with E-state index < -0.39 is 0 Å². The molecule has 0 atom stereocenters. The molecule has 1 fully saturated rings. The molecule has 2 aromatic carbocycles. The summed E-state index contributed by atoms with van der Waals surface area (Å²) in [5.74, 6) is 0. The molecule has 0 radical (unpaired) electrons. The Kier molecular flexibility index (Phi) is 4.65. The van der Waals surface area contributed by atoms with Crippen LogP contribution < -0.4 is 0 Å². The van der Waals surface area contributed by atoms with Crippen molar-refractivity contribution in [2.75, 3.05) is 0 Å². The Bertz CT molecular complexity index is 757. The van der Waals surface area contributed by atoms with Crippen LogP contribution in [0.25, 0.3) is 5.57 Å². The Hall–Kier alpha value is -1.84. The third-order valence-electron chi connectivity index (χ3n) is 5.40. The zero-order chi connectivity index (χ0) is 18.2. The van der Waals surface area contributed by atoms with E-state index in [0.29, 0.717) is 0 Å². The van der Waals surface area contributed by atoms with Gasteiger partial charge in [-0.15, -0.1) is 0 Å². The second-order valence-corrected chi connectivity index (χ2v) is 7.88. The van der Waals surface area contributed by atoms with E-state index in [4.69, 9.17) is 9.31 Å². The second-order valence-electron chi connectivity index (χ2n) is 7.88. The van der Waals surface area contributed by atoms with Gasteiger partial charge in [0, 0.05) is 0 Å². The van der Waals surface area contributed by atoms with E-state index in [9.17, 15) is 0 Å². The molecule has 1 heterocycles. The van der Waals surface area contributed by atoms with Gasteiger partial charge in [-0.3, -0.25) is 0 Å². The van der Waals surface area contributed by atoms with Crippen LogP contribution in [-0.4, -0.2) is 18.3 Å². The van der Waals surface area contributed by atoms with E-state index >= 15 is 0 Å². The molecule has 0 aliphatic carbocycles. The molecule has 130 valence electrons. The number of allylic oxidation sites excluding steroid dienone is 1. The van der Waals surface area contributed by atoms with E-state index in [0.717, 1.165) is 5.47 Å². The van der Waals surface area contributed by atoms with Gasteiger partial charge in [0.15, 0.2) is 0 Å². The average molecular weight is 334 g/mol. The van der Waals surface area contributed by atoms with Crippen LogP contribution in [0.5, 0.6) is 0 Å². The van der Waals surface area contributed by atoms with Crippen molar-refractivity contribution in [3.05, 3.63) is 76.8 Å². The molecule has 0 spiro atoms. The van der Waals surface area contributed by atoms with E-state index in [1.54, 1.807) is 0 Å². The minimum atomic E-state index is -0.346. The lowest BCUT2D eigenvalue weighted by Gasteiger charge is -2.32. The lowest BCUT2D eigenvalue weighted by Crippen LogP contribution is -2.41. The Morgan fingerprint density at radius 3 is 1.76 bits per heavy atom. The van der Waals surface area contributed by atoms with Gasteiger partial charge in [0.2, 0.25) is 0 Å². The van der Waals surface area contributed by atoms with Crippen LogP contribution in [0.4, 0.5) is 0 Å². The van der Waals surface area contributed by atoms with Crippen LogP contribution in [0.3, 0.4) is 0 Å². The van der Waals surface area contributed by atoms with Gasteiger partial charge in [-0.1, -0.05) is 60.2 Å². The van der Waals surface area contributed by atoms with Crippen LogP contribution in [0, 0.1) is 6.92 Å². The summed E-state index contributed by atoms with van der Waals surface area (Å²) in [6.45, 7) is 12.6. The Morgan fingerprint density at radius 1 is 0.760 bits per heavy atom. The summed E-state index contributed by atoms with van der Waals surface area (Å²) < 4.78 is 12.6. The van der Waals surface area contributed by atoms with Gasteiger partial charge in [-0.05, 0) is 63.7 Å². The van der Waals surface area contributed by atoms with Gasteiger partial charge < -0.3 is 9.31 Å². The summed E-state index contributed by atoms with van der Waals surface area (Å²) in [6.07, 6.45) is 0. The standard InChI is InChI=1S/C22H27BO2/c1-16-12-14-19(15-13-16)20(18-10-8-7-9-11-18)17(2)23-24-21(3,4)22(5,6)25-23/h7-15H,1-6H3/b20-17+. The fourth-order valence-corrected chi connectivity index (χ4v) is 3.08. The first kappa shape index (κ1) is 18.0. The molecule has 3 heteroatoms. The van der Waals surface area contributed by atoms with E-state index in [2.05, 4.69) is 90.1 Å². The molecule has 0 aromatic heterocycles. The molecule has 1 aliphatic heterocycles. The minimum absolute atomic E-state index is 0.339. The maximum atomic E-state index is 6.29. The van der Waals surface area contributed by atoms with Crippen molar-refractivity contribution in [1.82, 2.24) is 0 Å². The van der Waals surface area contributed by atoms with Crippen LogP contribution in [0.15, 0.2) is 60.1 Å². The summed E-state index contributed by atoms with van der Waals surface area (Å²) in [6, 6.07) is 19.1. The van der Waals surface area contributed by atoms with Crippen molar-refractivity contribution in [1.29, 1.82) is 0 Å². The third-order valence-corrected chi connectivity index (χ3v) is 5.40. The van der Waals surface area contributed by atoms with Crippen molar-refractivity contribution in [3.63, 3.8) is 0 Å². The highest BCUT2D eigenvalue weighted by molar-refractivity contribution is 6.56. The number of aryl methyl sites for hydroxylation is 1. The quantitative estimate of drug-likeness (QED) is 0.695. The first-order valence-corrected chi connectivity index (χ1v) is 8.90. The molecule has 0 amide bonds. The topological polar surface area (TPSA) is 18.5 Å². The van der Waals surface area contributed by atoms with Crippen molar-refractivity contribution in [2.24, 2.45) is 0 Å². The third kappa shape index (κ3) is 3.44. The zero-order valence-corrected chi connectivity index (χ0v) is 16.1. The minimum Gasteiger partial charge on any atom is -0.400 e. The van der Waals surface area contributed by atoms with E-state index in [1.165, 1.54) is 22.3 Å². The normalized spacial score (nSPS) is 19.7. The molecule has 0 saturated carbocycles. The molecule has 0 N–H and O–H groups in total. The van der Waals surface area contributed by atoms with E-state index in [1.807, 2.05) is 6.07 Å². The molecule has 0 bridgehead atoms. The highest BCUT2D eigenvalue weighted by Gasteiger charge is 2.52. The largest absolute Gasteiger partial charge is 0.490 e. The first-order chi connectivity index (χ1) is 11.7. The molecular formula is C22H27BO2. The Morgan fingerprint density at radius 2 is 1.24 bits per heavy atom. The highest BCUT2D eigenvalue weighted by Crippen LogP contribution is 2.40. The summed E-state index contributed by atoms with van der Waals surface area (Å²) in [5.41, 5.74) is 5.22. The van der Waals surface area contributed by atoms with Crippen LogP contribution >= 0.6 is 0 Å². The highest BCUT2D eigenvalue weighted by atomic mass is 16.7. The molecule has 2 aromatic rings. The smallest absolute Gasteiger partial charge is 0.400 e. The van der Waals surface area contributed by atoms with Gasteiger partial charge in [0.1, 0.15) is 0 Å². The van der Waals surface area contributed by atoms with Crippen molar-refractivity contribution in [2.45, 2.75) is 52.7 Å². The lowest BCUT2D eigenvalue weighted by atomic mass is 9.73. The molecule has 1 saturated heterocycles. The van der Waals surface area contributed by atoms with Gasteiger partial charge in [0.05, 0.1) is 11.2 Å². The number of hydrogen-bond acceptors (Lipinski definition) is 2. The monoisotopic (exact) mass is 334 g/mol. The summed E-state index contributed by atoms with van der Waals surface area (Å²) in [4.78, 5) is 0. The van der Waals surface area contributed by atoms with Gasteiger partial charge in [0.25, 0.3) is 0 Å². The predicted octanol–water partition coefficient (Wildman–Crippen LogP) is 5.45. The van der Waals surface area contributed by atoms with E-state index in [-0.39, 0.29) is 18.3 Å². The molecule has 25 heavy (non-hydrogen) atoms. The number of hydrogen-bond donors (Lipinski definition) is 0. The molecular weight excluding hydrogens is 307 g/mol. The SMILES string of the molecule is C/C(B1OC(C)(C)C(C)(C)O1)=C(/c1ccccc1)c1ccc(C)cc1. The maximum absolute atomic E-state index is 6.29. The average Bonchev–Trinajstić information content (AvgIpc) is 2.78. The maximum Gasteiger partial charge on any atom is 0.490 e. The van der Waals surface area contributed by atoms with Crippen LogP contribution in [0.1, 0.15) is 51.3 Å². The second kappa shape index (κ2) is 6.47. The molecule has 2 nitrogen and oxygen atoms in total. The fraction of sp³-hybridized carbons (Fsp3) is 0.364. The van der Waals surface area contributed by atoms with Gasteiger partial charge in [-0.2, -0.15) is 0 Å². The first-order valence-electron chi connectivity index (χ1n) is 8.90. The summed E-state index contributed by atoms with van der Waals surface area (Å²) in [7, 11) is -0.346. The van der Waals surface area contributed by atoms with Gasteiger partial charge in [-0.25, -0.2) is 0 Å². The molecule has 3 rings (SSSR count). The number of rotatable bonds is 3. The zero-order valence-electron chi connectivity index (χ0n) is 16.1. The summed E-state index contributed by atoms with van der Waals surface area (Å²) >= 11 is 0. The molecule has 1 aliphatic rings. The summed E-state index contributed by atoms with van der Waals surface area (Å²) in [5, 5.41) is 0. The lowest BCUT2D eigenvalue weighted by molar-refractivity contribution is 0.00578. The van der Waals surface area contributed by atoms with Crippen molar-refractivity contribution >= 4 is 12.7 Å². The predicted molar refractivity (Wildman–Crippen MR) is 105 cm³/mol. The van der Waals surface area contributed by atoms with Gasteiger partial charge >= 0.3 is 7.12 Å². The Balaban J connectivity index is 2.11. The number of benzene rings is 2. The Labute approximate surface area is 152 Å².